The summed E-state index contributed by atoms with van der Waals surface area (Å²) in [4.78, 5) is 0. The number of alkyl halides is 3. The maximum atomic E-state index is 12.4. The zero-order valence-corrected chi connectivity index (χ0v) is 10.1. The number of hydrogen-bond acceptors (Lipinski definition) is 4. The van der Waals surface area contributed by atoms with Gasteiger partial charge in [0.05, 0.1) is 5.56 Å². The first-order valence-electron chi connectivity index (χ1n) is 5.21. The average Bonchev–Trinajstić information content (AvgIpc) is 2.77. The van der Waals surface area contributed by atoms with E-state index in [0.717, 1.165) is 17.1 Å². The number of rotatable bonds is 3. The molecule has 0 atom stereocenters. The fourth-order valence-electron chi connectivity index (χ4n) is 1.40. The quantitative estimate of drug-likeness (QED) is 0.935. The van der Waals surface area contributed by atoms with Crippen LogP contribution in [-0.2, 0) is 12.6 Å². The second-order valence-corrected chi connectivity index (χ2v) is 4.68. The molecule has 0 aliphatic carbocycles. The number of hydrogen-bond donors (Lipinski definition) is 1. The maximum Gasteiger partial charge on any atom is 0.416 e. The van der Waals surface area contributed by atoms with E-state index in [4.69, 9.17) is 5.73 Å². The molecule has 7 heteroatoms. The molecule has 96 valence electrons. The highest BCUT2D eigenvalue weighted by molar-refractivity contribution is 7.14. The Bertz CT molecular complexity index is 519. The molecule has 3 nitrogen and oxygen atoms in total. The third-order valence-electron chi connectivity index (χ3n) is 2.28. The topological polar surface area (TPSA) is 51.8 Å². The first-order valence-corrected chi connectivity index (χ1v) is 6.02. The molecular formula is C11H10F3N3S. The second kappa shape index (κ2) is 5.03. The molecule has 0 saturated carbocycles. The summed E-state index contributed by atoms with van der Waals surface area (Å²) in [6.45, 7) is 0.474. The van der Waals surface area contributed by atoms with Crippen molar-refractivity contribution in [2.75, 3.05) is 6.54 Å². The van der Waals surface area contributed by atoms with Crippen LogP contribution in [0.2, 0.25) is 0 Å². The highest BCUT2D eigenvalue weighted by Gasteiger charge is 2.30. The fraction of sp³-hybridized carbons (Fsp3) is 0.273. The Hall–Kier alpha value is -1.47. The number of nitrogens with zero attached hydrogens (tertiary/aromatic N) is 2. The molecule has 0 radical (unpaired) electrons. The maximum absolute atomic E-state index is 12.4. The summed E-state index contributed by atoms with van der Waals surface area (Å²) in [5.74, 6) is 0. The van der Waals surface area contributed by atoms with E-state index in [0.29, 0.717) is 23.5 Å². The zero-order valence-electron chi connectivity index (χ0n) is 9.24. The number of benzene rings is 1. The van der Waals surface area contributed by atoms with E-state index in [1.807, 2.05) is 0 Å². The van der Waals surface area contributed by atoms with E-state index in [-0.39, 0.29) is 0 Å². The Balaban J connectivity index is 2.23. The molecule has 2 rings (SSSR count). The van der Waals surface area contributed by atoms with Crippen molar-refractivity contribution in [1.29, 1.82) is 0 Å². The summed E-state index contributed by atoms with van der Waals surface area (Å²) >= 11 is 1.34. The standard InChI is InChI=1S/C11H10F3N3S/c12-11(13,14)8-3-1-7(2-4-8)10-17-16-9(18-10)5-6-15/h1-4H,5-6,15H2. The molecule has 0 amide bonds. The first-order chi connectivity index (χ1) is 8.50. The van der Waals surface area contributed by atoms with Gasteiger partial charge in [-0.15, -0.1) is 10.2 Å². The van der Waals surface area contributed by atoms with E-state index in [1.54, 1.807) is 0 Å². The van der Waals surface area contributed by atoms with Gasteiger partial charge in [-0.2, -0.15) is 13.2 Å². The van der Waals surface area contributed by atoms with Gasteiger partial charge in [0, 0.05) is 12.0 Å². The highest BCUT2D eigenvalue weighted by Crippen LogP contribution is 2.31. The van der Waals surface area contributed by atoms with Crippen LogP contribution >= 0.6 is 11.3 Å². The molecule has 0 saturated heterocycles. The van der Waals surface area contributed by atoms with E-state index in [9.17, 15) is 13.2 Å². The van der Waals surface area contributed by atoms with Crippen molar-refractivity contribution in [2.24, 2.45) is 5.73 Å². The van der Waals surface area contributed by atoms with Crippen LogP contribution in [0, 0.1) is 0 Å². The summed E-state index contributed by atoms with van der Waals surface area (Å²) in [6.07, 6.45) is -3.69. The van der Waals surface area contributed by atoms with Crippen molar-refractivity contribution in [1.82, 2.24) is 10.2 Å². The highest BCUT2D eigenvalue weighted by atomic mass is 32.1. The minimum absolute atomic E-state index is 0.474. The summed E-state index contributed by atoms with van der Waals surface area (Å²) in [7, 11) is 0. The molecule has 0 aliphatic heterocycles. The zero-order chi connectivity index (χ0) is 13.2. The van der Waals surface area contributed by atoms with Gasteiger partial charge in [0.25, 0.3) is 0 Å². The molecule has 0 unspecified atom stereocenters. The van der Waals surface area contributed by atoms with Crippen LogP contribution in [0.1, 0.15) is 10.6 Å². The van der Waals surface area contributed by atoms with Gasteiger partial charge in [-0.05, 0) is 18.7 Å². The number of halogens is 3. The van der Waals surface area contributed by atoms with Crippen LogP contribution in [0.15, 0.2) is 24.3 Å². The number of aromatic nitrogens is 2. The monoisotopic (exact) mass is 273 g/mol. The lowest BCUT2D eigenvalue weighted by atomic mass is 10.1. The molecule has 0 fully saturated rings. The van der Waals surface area contributed by atoms with Gasteiger partial charge in [-0.3, -0.25) is 0 Å². The Morgan fingerprint density at radius 1 is 1.11 bits per heavy atom. The molecule has 2 N–H and O–H groups in total. The lowest BCUT2D eigenvalue weighted by Crippen LogP contribution is -2.03. The Morgan fingerprint density at radius 2 is 1.78 bits per heavy atom. The minimum Gasteiger partial charge on any atom is -0.330 e. The SMILES string of the molecule is NCCc1nnc(-c2ccc(C(F)(F)F)cc2)s1. The lowest BCUT2D eigenvalue weighted by molar-refractivity contribution is -0.137. The van der Waals surface area contributed by atoms with Gasteiger partial charge < -0.3 is 5.73 Å². The van der Waals surface area contributed by atoms with Crippen molar-refractivity contribution >= 4 is 11.3 Å². The van der Waals surface area contributed by atoms with Crippen LogP contribution in [0.3, 0.4) is 0 Å². The third kappa shape index (κ3) is 2.85. The van der Waals surface area contributed by atoms with Crippen molar-refractivity contribution < 1.29 is 13.2 Å². The Morgan fingerprint density at radius 3 is 2.33 bits per heavy atom. The van der Waals surface area contributed by atoms with E-state index in [2.05, 4.69) is 10.2 Å². The van der Waals surface area contributed by atoms with Gasteiger partial charge >= 0.3 is 6.18 Å². The van der Waals surface area contributed by atoms with E-state index < -0.39 is 11.7 Å². The minimum atomic E-state index is -4.32. The molecule has 18 heavy (non-hydrogen) atoms. The van der Waals surface area contributed by atoms with Gasteiger partial charge in [0.1, 0.15) is 10.0 Å². The Labute approximate surface area is 105 Å². The van der Waals surface area contributed by atoms with Gasteiger partial charge in [-0.25, -0.2) is 0 Å². The van der Waals surface area contributed by atoms with E-state index in [1.165, 1.54) is 23.5 Å². The lowest BCUT2D eigenvalue weighted by Gasteiger charge is -2.06. The molecule has 0 aliphatic rings. The normalized spacial score (nSPS) is 11.8. The van der Waals surface area contributed by atoms with Crippen molar-refractivity contribution in [3.05, 3.63) is 34.8 Å². The second-order valence-electron chi connectivity index (χ2n) is 3.61. The van der Waals surface area contributed by atoms with Crippen LogP contribution in [0.25, 0.3) is 10.6 Å². The van der Waals surface area contributed by atoms with Crippen molar-refractivity contribution in [2.45, 2.75) is 12.6 Å². The molecule has 0 bridgehead atoms. The number of nitrogens with two attached hydrogens (primary N) is 1. The van der Waals surface area contributed by atoms with E-state index >= 15 is 0 Å². The fourth-order valence-corrected chi connectivity index (χ4v) is 2.26. The van der Waals surface area contributed by atoms with Crippen LogP contribution in [0.4, 0.5) is 13.2 Å². The third-order valence-corrected chi connectivity index (χ3v) is 3.32. The van der Waals surface area contributed by atoms with Crippen LogP contribution in [0.5, 0.6) is 0 Å². The van der Waals surface area contributed by atoms with Crippen molar-refractivity contribution in [3.8, 4) is 10.6 Å². The molecule has 1 aromatic heterocycles. The summed E-state index contributed by atoms with van der Waals surface area (Å²) in [5.41, 5.74) is 5.35. The predicted octanol–water partition coefficient (Wildman–Crippen LogP) is 2.73. The van der Waals surface area contributed by atoms with Gasteiger partial charge in [0.15, 0.2) is 0 Å². The molecule has 0 spiro atoms. The molecule has 2 aromatic rings. The average molecular weight is 273 g/mol. The van der Waals surface area contributed by atoms with Gasteiger partial charge in [-0.1, -0.05) is 23.5 Å². The Kier molecular flexibility index (Phi) is 3.63. The predicted molar refractivity (Wildman–Crippen MR) is 63.1 cm³/mol. The first kappa shape index (κ1) is 13.0. The van der Waals surface area contributed by atoms with Crippen LogP contribution < -0.4 is 5.73 Å². The van der Waals surface area contributed by atoms with Crippen LogP contribution in [-0.4, -0.2) is 16.7 Å². The smallest absolute Gasteiger partial charge is 0.330 e. The summed E-state index contributed by atoms with van der Waals surface area (Å²) < 4.78 is 37.2. The molecule has 1 heterocycles. The largest absolute Gasteiger partial charge is 0.416 e. The summed E-state index contributed by atoms with van der Waals surface area (Å²) in [6, 6.07) is 4.88. The summed E-state index contributed by atoms with van der Waals surface area (Å²) in [5, 5.41) is 9.24. The molecule has 1 aromatic carbocycles. The van der Waals surface area contributed by atoms with Crippen molar-refractivity contribution in [3.63, 3.8) is 0 Å². The van der Waals surface area contributed by atoms with Gasteiger partial charge in [0.2, 0.25) is 0 Å². The molecular weight excluding hydrogens is 263 g/mol.